The third kappa shape index (κ3) is 4.12. The molecule has 1 amide bonds. The van der Waals surface area contributed by atoms with Crippen LogP contribution in [0.5, 0.6) is 0 Å². The van der Waals surface area contributed by atoms with Crippen LogP contribution in [0.4, 0.5) is 5.82 Å². The van der Waals surface area contributed by atoms with Gasteiger partial charge in [0.2, 0.25) is 5.91 Å². The Labute approximate surface area is 99.4 Å². The number of carbonyl (C=O) groups is 1. The molecule has 0 spiro atoms. The summed E-state index contributed by atoms with van der Waals surface area (Å²) in [4.78, 5) is 19.2. The van der Waals surface area contributed by atoms with E-state index in [1.165, 1.54) is 12.4 Å². The summed E-state index contributed by atoms with van der Waals surface area (Å²) in [5.74, 6) is 0.474. The molecule has 5 nitrogen and oxygen atoms in total. The SMILES string of the molecule is CC(C)C[C@@H](N)C(=O)Nc1cc(Cl)ncn1. The molecule has 0 bridgehead atoms. The third-order valence-electron chi connectivity index (χ3n) is 1.95. The molecule has 0 aliphatic carbocycles. The molecule has 88 valence electrons. The molecule has 0 saturated carbocycles. The van der Waals surface area contributed by atoms with Crippen molar-refractivity contribution in [3.8, 4) is 0 Å². The lowest BCUT2D eigenvalue weighted by molar-refractivity contribution is -0.117. The molecule has 0 aliphatic rings. The molecule has 1 rings (SSSR count). The second kappa shape index (κ2) is 5.77. The molecule has 1 aromatic rings. The highest BCUT2D eigenvalue weighted by Crippen LogP contribution is 2.10. The number of anilines is 1. The Balaban J connectivity index is 2.57. The van der Waals surface area contributed by atoms with Crippen molar-refractivity contribution < 1.29 is 4.79 Å². The average molecular weight is 243 g/mol. The summed E-state index contributed by atoms with van der Waals surface area (Å²) in [6, 6.07) is 0.940. The molecule has 3 N–H and O–H groups in total. The predicted molar refractivity (Wildman–Crippen MR) is 63.1 cm³/mol. The van der Waals surface area contributed by atoms with Crippen LogP contribution in [0.2, 0.25) is 5.15 Å². The fourth-order valence-electron chi connectivity index (χ4n) is 1.24. The summed E-state index contributed by atoms with van der Waals surface area (Å²) < 4.78 is 0. The number of halogens is 1. The number of nitrogens with zero attached hydrogens (tertiary/aromatic N) is 2. The zero-order valence-electron chi connectivity index (χ0n) is 9.27. The first kappa shape index (κ1) is 12.9. The van der Waals surface area contributed by atoms with Crippen molar-refractivity contribution in [2.45, 2.75) is 26.3 Å². The Morgan fingerprint density at radius 2 is 2.25 bits per heavy atom. The van der Waals surface area contributed by atoms with Gasteiger partial charge in [-0.2, -0.15) is 0 Å². The van der Waals surface area contributed by atoms with Gasteiger partial charge in [0.05, 0.1) is 6.04 Å². The minimum Gasteiger partial charge on any atom is -0.320 e. The molecule has 0 aromatic carbocycles. The van der Waals surface area contributed by atoms with Gasteiger partial charge in [0.1, 0.15) is 17.3 Å². The number of amides is 1. The Morgan fingerprint density at radius 1 is 1.56 bits per heavy atom. The Morgan fingerprint density at radius 3 is 2.81 bits per heavy atom. The number of nitrogens with one attached hydrogen (secondary N) is 1. The largest absolute Gasteiger partial charge is 0.320 e. The van der Waals surface area contributed by atoms with E-state index in [4.69, 9.17) is 17.3 Å². The Kier molecular flexibility index (Phi) is 4.64. The van der Waals surface area contributed by atoms with E-state index >= 15 is 0 Å². The van der Waals surface area contributed by atoms with Crippen LogP contribution in [-0.2, 0) is 4.79 Å². The van der Waals surface area contributed by atoms with E-state index < -0.39 is 6.04 Å². The quantitative estimate of drug-likeness (QED) is 0.783. The second-order valence-corrected chi connectivity index (χ2v) is 4.34. The number of hydrogen-bond acceptors (Lipinski definition) is 4. The van der Waals surface area contributed by atoms with Gasteiger partial charge in [-0.3, -0.25) is 4.79 Å². The lowest BCUT2D eigenvalue weighted by atomic mass is 10.0. The third-order valence-corrected chi connectivity index (χ3v) is 2.15. The first-order valence-corrected chi connectivity index (χ1v) is 5.41. The zero-order valence-corrected chi connectivity index (χ0v) is 10.0. The number of rotatable bonds is 4. The van der Waals surface area contributed by atoms with Crippen molar-refractivity contribution in [1.29, 1.82) is 0 Å². The summed E-state index contributed by atoms with van der Waals surface area (Å²) in [5.41, 5.74) is 5.72. The molecule has 6 heteroatoms. The van der Waals surface area contributed by atoms with Crippen molar-refractivity contribution in [2.24, 2.45) is 11.7 Å². The normalized spacial score (nSPS) is 12.6. The number of hydrogen-bond donors (Lipinski definition) is 2. The monoisotopic (exact) mass is 242 g/mol. The van der Waals surface area contributed by atoms with Crippen molar-refractivity contribution in [2.75, 3.05) is 5.32 Å². The molecule has 0 aliphatic heterocycles. The molecular weight excluding hydrogens is 228 g/mol. The van der Waals surface area contributed by atoms with Crippen molar-refractivity contribution in [3.63, 3.8) is 0 Å². The maximum absolute atomic E-state index is 11.6. The van der Waals surface area contributed by atoms with Crippen LogP contribution in [-0.4, -0.2) is 21.9 Å². The minimum atomic E-state index is -0.534. The summed E-state index contributed by atoms with van der Waals surface area (Å²) in [6.07, 6.45) is 1.91. The standard InChI is InChI=1S/C10H15ClN4O/c1-6(2)3-7(12)10(16)15-9-4-8(11)13-5-14-9/h4-7H,3,12H2,1-2H3,(H,13,14,15,16)/t7-/m1/s1. The fourth-order valence-corrected chi connectivity index (χ4v) is 1.38. The van der Waals surface area contributed by atoms with Crippen molar-refractivity contribution in [1.82, 2.24) is 9.97 Å². The summed E-state index contributed by atoms with van der Waals surface area (Å²) in [5, 5.41) is 2.87. The van der Waals surface area contributed by atoms with Gasteiger partial charge in [0.25, 0.3) is 0 Å². The maximum atomic E-state index is 11.6. The zero-order chi connectivity index (χ0) is 12.1. The lowest BCUT2D eigenvalue weighted by Crippen LogP contribution is -2.36. The maximum Gasteiger partial charge on any atom is 0.242 e. The molecule has 16 heavy (non-hydrogen) atoms. The van der Waals surface area contributed by atoms with Gasteiger partial charge in [0.15, 0.2) is 0 Å². The molecule has 0 fully saturated rings. The van der Waals surface area contributed by atoms with Crippen LogP contribution in [0, 0.1) is 5.92 Å². The van der Waals surface area contributed by atoms with E-state index in [9.17, 15) is 4.79 Å². The molecule has 0 unspecified atom stereocenters. The topological polar surface area (TPSA) is 80.9 Å². The average Bonchev–Trinajstić information content (AvgIpc) is 2.16. The Hall–Kier alpha value is -1.20. The fraction of sp³-hybridized carbons (Fsp3) is 0.500. The first-order chi connectivity index (χ1) is 7.49. The molecular formula is C10H15ClN4O. The van der Waals surface area contributed by atoms with Crippen LogP contribution < -0.4 is 11.1 Å². The van der Waals surface area contributed by atoms with E-state index in [2.05, 4.69) is 15.3 Å². The van der Waals surface area contributed by atoms with Crippen LogP contribution in [0.25, 0.3) is 0 Å². The van der Waals surface area contributed by atoms with E-state index in [1.54, 1.807) is 0 Å². The highest BCUT2D eigenvalue weighted by Gasteiger charge is 2.15. The number of nitrogens with two attached hydrogens (primary N) is 1. The summed E-state index contributed by atoms with van der Waals surface area (Å²) in [6.45, 7) is 4.02. The molecule has 1 heterocycles. The lowest BCUT2D eigenvalue weighted by Gasteiger charge is -2.13. The summed E-state index contributed by atoms with van der Waals surface area (Å²) >= 11 is 5.66. The van der Waals surface area contributed by atoms with E-state index in [1.807, 2.05) is 13.8 Å². The van der Waals surface area contributed by atoms with Gasteiger partial charge >= 0.3 is 0 Å². The van der Waals surface area contributed by atoms with Gasteiger partial charge in [0, 0.05) is 6.07 Å². The molecule has 1 aromatic heterocycles. The van der Waals surface area contributed by atoms with Crippen LogP contribution >= 0.6 is 11.6 Å². The van der Waals surface area contributed by atoms with Crippen molar-refractivity contribution >= 4 is 23.3 Å². The molecule has 1 atom stereocenters. The number of carbonyl (C=O) groups excluding carboxylic acids is 1. The summed E-state index contributed by atoms with van der Waals surface area (Å²) in [7, 11) is 0. The highest BCUT2D eigenvalue weighted by atomic mass is 35.5. The van der Waals surface area contributed by atoms with Crippen LogP contribution in [0.1, 0.15) is 20.3 Å². The molecule has 0 saturated heterocycles. The van der Waals surface area contributed by atoms with Gasteiger partial charge in [-0.1, -0.05) is 25.4 Å². The smallest absolute Gasteiger partial charge is 0.242 e. The van der Waals surface area contributed by atoms with Crippen LogP contribution in [0.3, 0.4) is 0 Å². The number of aromatic nitrogens is 2. The van der Waals surface area contributed by atoms with Gasteiger partial charge < -0.3 is 11.1 Å². The predicted octanol–water partition coefficient (Wildman–Crippen LogP) is 1.44. The first-order valence-electron chi connectivity index (χ1n) is 5.03. The van der Waals surface area contributed by atoms with Crippen molar-refractivity contribution in [3.05, 3.63) is 17.5 Å². The van der Waals surface area contributed by atoms with Gasteiger partial charge in [-0.25, -0.2) is 9.97 Å². The van der Waals surface area contributed by atoms with E-state index in [0.717, 1.165) is 0 Å². The minimum absolute atomic E-state index is 0.261. The second-order valence-electron chi connectivity index (χ2n) is 3.95. The van der Waals surface area contributed by atoms with E-state index in [0.29, 0.717) is 18.2 Å². The van der Waals surface area contributed by atoms with E-state index in [-0.39, 0.29) is 11.1 Å². The van der Waals surface area contributed by atoms with Gasteiger partial charge in [-0.05, 0) is 12.3 Å². The molecule has 0 radical (unpaired) electrons. The van der Waals surface area contributed by atoms with Crippen LogP contribution in [0.15, 0.2) is 12.4 Å². The van der Waals surface area contributed by atoms with Gasteiger partial charge in [-0.15, -0.1) is 0 Å². The highest BCUT2D eigenvalue weighted by molar-refractivity contribution is 6.29. The Bertz CT molecular complexity index is 370.